The molecule has 0 aliphatic rings. The molecule has 0 heterocycles. The van der Waals surface area contributed by atoms with Gasteiger partial charge in [0.25, 0.3) is 8.32 Å². The second kappa shape index (κ2) is 9.23. The first-order chi connectivity index (χ1) is 12.8. The summed E-state index contributed by atoms with van der Waals surface area (Å²) in [5, 5.41) is 0. The fourth-order valence-electron chi connectivity index (χ4n) is 4.14. The van der Waals surface area contributed by atoms with Crippen molar-refractivity contribution in [1.82, 2.24) is 0 Å². The van der Waals surface area contributed by atoms with E-state index in [1.165, 1.54) is 11.1 Å². The maximum Gasteiger partial charge on any atom is 0.258 e. The second-order valence-corrected chi connectivity index (χ2v) is 13.6. The lowest BCUT2D eigenvalue weighted by Crippen LogP contribution is -2.50. The van der Waals surface area contributed by atoms with Crippen molar-refractivity contribution in [3.05, 3.63) is 71.8 Å². The highest BCUT2D eigenvalue weighted by Crippen LogP contribution is 2.42. The van der Waals surface area contributed by atoms with Crippen LogP contribution in [0.15, 0.2) is 55.1 Å². The molecule has 0 N–H and O–H groups in total. The van der Waals surface area contributed by atoms with Crippen LogP contribution in [0.2, 0.25) is 16.6 Å². The van der Waals surface area contributed by atoms with Crippen LogP contribution >= 0.6 is 0 Å². The van der Waals surface area contributed by atoms with Gasteiger partial charge >= 0.3 is 0 Å². The van der Waals surface area contributed by atoms with Crippen LogP contribution in [0.4, 0.5) is 0 Å². The van der Waals surface area contributed by atoms with Gasteiger partial charge in [-0.05, 0) is 45.4 Å². The topological polar surface area (TPSA) is 9.23 Å². The van der Waals surface area contributed by atoms with Crippen molar-refractivity contribution in [2.24, 2.45) is 0 Å². The van der Waals surface area contributed by atoms with E-state index in [0.717, 1.165) is 11.3 Å². The molecule has 144 valence electrons. The summed E-state index contributed by atoms with van der Waals surface area (Å²) in [4.78, 5) is 0. The van der Waals surface area contributed by atoms with Gasteiger partial charge in [-0.3, -0.25) is 0 Å². The first kappa shape index (κ1) is 21.2. The Balaban J connectivity index is 2.15. The lowest BCUT2D eigenvalue weighted by molar-refractivity contribution is 0.480. The lowest BCUT2D eigenvalue weighted by Gasteiger charge is -2.42. The highest BCUT2D eigenvalue weighted by molar-refractivity contribution is 6.78. The van der Waals surface area contributed by atoms with Crippen molar-refractivity contribution < 1.29 is 4.43 Å². The minimum absolute atomic E-state index is 0.579. The summed E-state index contributed by atoms with van der Waals surface area (Å²) >= 11 is 0. The molecule has 0 saturated carbocycles. The summed E-state index contributed by atoms with van der Waals surface area (Å²) < 4.78 is 6.74. The van der Waals surface area contributed by atoms with E-state index in [1.807, 2.05) is 6.08 Å². The molecule has 2 rings (SSSR count). The predicted molar refractivity (Wildman–Crippen MR) is 124 cm³/mol. The van der Waals surface area contributed by atoms with E-state index >= 15 is 0 Å². The molecular formula is C25H34OSi. The molecule has 0 spiro atoms. The van der Waals surface area contributed by atoms with Crippen LogP contribution in [0.25, 0.3) is 18.2 Å². The average molecular weight is 379 g/mol. The summed E-state index contributed by atoms with van der Waals surface area (Å²) in [7, 11) is -1.89. The van der Waals surface area contributed by atoms with Crippen molar-refractivity contribution in [2.45, 2.75) is 58.2 Å². The Labute approximate surface area is 166 Å². The molecule has 2 heteroatoms. The van der Waals surface area contributed by atoms with Crippen LogP contribution in [0.3, 0.4) is 0 Å². The Kier molecular flexibility index (Phi) is 7.26. The summed E-state index contributed by atoms with van der Waals surface area (Å²) in [5.41, 5.74) is 5.25. The number of benzene rings is 2. The molecule has 0 unspecified atom stereocenters. The van der Waals surface area contributed by atoms with Crippen LogP contribution in [-0.4, -0.2) is 8.32 Å². The summed E-state index contributed by atoms with van der Waals surface area (Å²) in [6, 6.07) is 16.9. The van der Waals surface area contributed by atoms with Crippen molar-refractivity contribution >= 4 is 26.5 Å². The van der Waals surface area contributed by atoms with E-state index in [1.54, 1.807) is 0 Å². The highest BCUT2D eigenvalue weighted by atomic mass is 28.4. The van der Waals surface area contributed by atoms with Gasteiger partial charge in [0.15, 0.2) is 0 Å². The Bertz CT molecular complexity index is 730. The van der Waals surface area contributed by atoms with Gasteiger partial charge in [-0.1, -0.05) is 103 Å². The van der Waals surface area contributed by atoms with Crippen LogP contribution in [-0.2, 0) is 0 Å². The maximum atomic E-state index is 6.74. The summed E-state index contributed by atoms with van der Waals surface area (Å²) in [5.74, 6) is 1.00. The van der Waals surface area contributed by atoms with E-state index in [4.69, 9.17) is 4.43 Å². The standard InChI is InChI=1S/C25H34OSi/c1-8-22-9-11-23(12-10-22)13-14-24-15-17-25(18-16-24)26-27(19(2)3,20(4)5)21(6)7/h8-21H,1H2,2-7H3/b14-13+. The molecule has 0 radical (unpaired) electrons. The van der Waals surface area contributed by atoms with E-state index in [2.05, 4.69) is 109 Å². The Morgan fingerprint density at radius 3 is 1.41 bits per heavy atom. The summed E-state index contributed by atoms with van der Waals surface area (Å²) in [6.45, 7) is 17.7. The fraction of sp³-hybridized carbons (Fsp3) is 0.360. The molecule has 1 nitrogen and oxygen atoms in total. The lowest BCUT2D eigenvalue weighted by atomic mass is 10.1. The largest absolute Gasteiger partial charge is 0.543 e. The highest BCUT2D eigenvalue weighted by Gasteiger charge is 2.46. The minimum atomic E-state index is -1.89. The molecule has 0 aliphatic carbocycles. The quantitative estimate of drug-likeness (QED) is 0.333. The average Bonchev–Trinajstić information content (AvgIpc) is 2.65. The van der Waals surface area contributed by atoms with Crippen LogP contribution in [0.1, 0.15) is 58.2 Å². The van der Waals surface area contributed by atoms with Gasteiger partial charge in [0.1, 0.15) is 5.75 Å². The zero-order chi connectivity index (χ0) is 20.0. The molecule has 2 aromatic rings. The van der Waals surface area contributed by atoms with Gasteiger partial charge in [0.2, 0.25) is 0 Å². The zero-order valence-corrected chi connectivity index (χ0v) is 18.7. The normalized spacial score (nSPS) is 12.3. The van der Waals surface area contributed by atoms with E-state index in [9.17, 15) is 0 Å². The molecule has 0 bridgehead atoms. The molecule has 0 saturated heterocycles. The van der Waals surface area contributed by atoms with Gasteiger partial charge in [-0.15, -0.1) is 0 Å². The SMILES string of the molecule is C=Cc1ccc(/C=C/c2ccc(O[Si](C(C)C)(C(C)C)C(C)C)cc2)cc1. The van der Waals surface area contributed by atoms with Gasteiger partial charge in [-0.25, -0.2) is 0 Å². The second-order valence-electron chi connectivity index (χ2n) is 8.19. The number of hydrogen-bond donors (Lipinski definition) is 0. The fourth-order valence-corrected chi connectivity index (χ4v) is 9.39. The first-order valence-electron chi connectivity index (χ1n) is 9.99. The van der Waals surface area contributed by atoms with Crippen molar-refractivity contribution in [2.75, 3.05) is 0 Å². The van der Waals surface area contributed by atoms with Crippen LogP contribution < -0.4 is 4.43 Å². The van der Waals surface area contributed by atoms with Gasteiger partial charge < -0.3 is 4.43 Å². The first-order valence-corrected chi connectivity index (χ1v) is 12.1. The zero-order valence-electron chi connectivity index (χ0n) is 17.7. The van der Waals surface area contributed by atoms with Gasteiger partial charge in [0.05, 0.1) is 0 Å². The molecule has 27 heavy (non-hydrogen) atoms. The summed E-state index contributed by atoms with van der Waals surface area (Å²) in [6.07, 6.45) is 6.14. The van der Waals surface area contributed by atoms with E-state index in [-0.39, 0.29) is 0 Å². The molecule has 2 aromatic carbocycles. The smallest absolute Gasteiger partial charge is 0.258 e. The van der Waals surface area contributed by atoms with Crippen molar-refractivity contribution in [3.63, 3.8) is 0 Å². The molecule has 0 aliphatic heterocycles. The number of hydrogen-bond acceptors (Lipinski definition) is 1. The molecule has 0 fully saturated rings. The third kappa shape index (κ3) is 5.01. The van der Waals surface area contributed by atoms with E-state index in [0.29, 0.717) is 16.6 Å². The Morgan fingerprint density at radius 2 is 1.04 bits per heavy atom. The Hall–Kier alpha value is -2.06. The molecule has 0 aromatic heterocycles. The van der Waals surface area contributed by atoms with Crippen molar-refractivity contribution in [1.29, 1.82) is 0 Å². The van der Waals surface area contributed by atoms with Gasteiger partial charge in [0, 0.05) is 0 Å². The third-order valence-corrected chi connectivity index (χ3v) is 11.5. The minimum Gasteiger partial charge on any atom is -0.543 e. The third-order valence-electron chi connectivity index (χ3n) is 5.52. The molecule has 0 amide bonds. The van der Waals surface area contributed by atoms with Gasteiger partial charge in [-0.2, -0.15) is 0 Å². The Morgan fingerprint density at radius 1 is 0.667 bits per heavy atom. The number of rotatable bonds is 8. The van der Waals surface area contributed by atoms with Crippen LogP contribution in [0.5, 0.6) is 5.75 Å². The monoisotopic (exact) mass is 378 g/mol. The molecule has 0 atom stereocenters. The molecular weight excluding hydrogens is 344 g/mol. The predicted octanol–water partition coefficient (Wildman–Crippen LogP) is 8.05. The van der Waals surface area contributed by atoms with Crippen LogP contribution in [0, 0.1) is 0 Å². The van der Waals surface area contributed by atoms with E-state index < -0.39 is 8.32 Å². The maximum absolute atomic E-state index is 6.74. The van der Waals surface area contributed by atoms with Crippen molar-refractivity contribution in [3.8, 4) is 5.75 Å².